The summed E-state index contributed by atoms with van der Waals surface area (Å²) in [5.74, 6) is 0. The molecule has 0 atom stereocenters. The predicted molar refractivity (Wildman–Crippen MR) is 76.6 cm³/mol. The van der Waals surface area contributed by atoms with Crippen LogP contribution >= 0.6 is 11.6 Å². The minimum atomic E-state index is -3.69. The topological polar surface area (TPSA) is 83.6 Å². The number of nitrogen functional groups attached to an aromatic ring is 1. The van der Waals surface area contributed by atoms with Gasteiger partial charge in [-0.3, -0.25) is 0 Å². The predicted octanol–water partition coefficient (Wildman–Crippen LogP) is 1.70. The number of rotatable bonds is 6. The smallest absolute Gasteiger partial charge is 0.244 e. The highest BCUT2D eigenvalue weighted by Crippen LogP contribution is 2.27. The van der Waals surface area contributed by atoms with Crippen LogP contribution in [0.25, 0.3) is 0 Å². The summed E-state index contributed by atoms with van der Waals surface area (Å²) in [5, 5.41) is 8.97. The number of nitrogens with two attached hydrogens (primary N) is 1. The van der Waals surface area contributed by atoms with E-state index in [0.29, 0.717) is 12.1 Å². The molecule has 5 nitrogen and oxygen atoms in total. The van der Waals surface area contributed by atoms with E-state index in [1.807, 2.05) is 0 Å². The van der Waals surface area contributed by atoms with Gasteiger partial charge in [0, 0.05) is 24.9 Å². The van der Waals surface area contributed by atoms with Gasteiger partial charge in [0.05, 0.1) is 5.02 Å². The van der Waals surface area contributed by atoms with Crippen LogP contribution in [0, 0.1) is 0 Å². The van der Waals surface area contributed by atoms with Crippen molar-refractivity contribution in [1.82, 2.24) is 4.31 Å². The van der Waals surface area contributed by atoms with Gasteiger partial charge in [-0.05, 0) is 38.5 Å². The first-order valence-corrected chi connectivity index (χ1v) is 7.80. The molecule has 0 aromatic heterocycles. The quantitative estimate of drug-likeness (QED) is 0.784. The van der Waals surface area contributed by atoms with Crippen molar-refractivity contribution in [3.8, 4) is 0 Å². The van der Waals surface area contributed by atoms with Gasteiger partial charge in [0.1, 0.15) is 4.90 Å². The lowest BCUT2D eigenvalue weighted by atomic mass is 10.3. The summed E-state index contributed by atoms with van der Waals surface area (Å²) in [7, 11) is -3.69. The van der Waals surface area contributed by atoms with E-state index >= 15 is 0 Å². The number of halogens is 1. The number of anilines is 1. The molecule has 1 rings (SSSR count). The number of benzene rings is 1. The zero-order chi connectivity index (χ0) is 14.6. The summed E-state index contributed by atoms with van der Waals surface area (Å²) in [6.07, 6.45) is 0.379. The van der Waals surface area contributed by atoms with Crippen LogP contribution in [-0.2, 0) is 10.0 Å². The van der Waals surface area contributed by atoms with Gasteiger partial charge in [-0.25, -0.2) is 8.42 Å². The van der Waals surface area contributed by atoms with E-state index in [9.17, 15) is 8.42 Å². The standard InChI is InChI=1S/C12H19ClN2O3S/c1-9(2)15(6-3-7-16)19(17,18)12-5-4-10(14)8-11(12)13/h4-5,8-9,16H,3,6-7,14H2,1-2H3. The molecule has 0 fully saturated rings. The van der Waals surface area contributed by atoms with Gasteiger partial charge in [0.2, 0.25) is 10.0 Å². The normalized spacial score (nSPS) is 12.3. The van der Waals surface area contributed by atoms with Crippen molar-refractivity contribution in [3.63, 3.8) is 0 Å². The maximum absolute atomic E-state index is 12.5. The number of sulfonamides is 1. The molecule has 0 heterocycles. The molecule has 108 valence electrons. The highest BCUT2D eigenvalue weighted by molar-refractivity contribution is 7.89. The molecule has 0 aliphatic heterocycles. The molecule has 0 bridgehead atoms. The Labute approximate surface area is 119 Å². The van der Waals surface area contributed by atoms with Crippen molar-refractivity contribution in [2.45, 2.75) is 31.2 Å². The molecule has 3 N–H and O–H groups in total. The Kier molecular flexibility index (Phi) is 5.61. The largest absolute Gasteiger partial charge is 0.399 e. The maximum Gasteiger partial charge on any atom is 0.244 e. The van der Waals surface area contributed by atoms with Crippen molar-refractivity contribution in [3.05, 3.63) is 23.2 Å². The first-order valence-electron chi connectivity index (χ1n) is 5.98. The van der Waals surface area contributed by atoms with E-state index in [2.05, 4.69) is 0 Å². The second-order valence-electron chi connectivity index (χ2n) is 4.48. The average Bonchev–Trinajstić information content (AvgIpc) is 2.27. The second kappa shape index (κ2) is 6.56. The molecule has 7 heteroatoms. The Morgan fingerprint density at radius 1 is 1.42 bits per heavy atom. The summed E-state index contributed by atoms with van der Waals surface area (Å²) in [6, 6.07) is 4.11. The van der Waals surface area contributed by atoms with Crippen molar-refractivity contribution >= 4 is 27.3 Å². The molecule has 0 aliphatic carbocycles. The van der Waals surface area contributed by atoms with Gasteiger partial charge < -0.3 is 10.8 Å². The Hall–Kier alpha value is -0.820. The number of hydrogen-bond acceptors (Lipinski definition) is 4. The van der Waals surface area contributed by atoms with E-state index in [1.54, 1.807) is 13.8 Å². The molecule has 1 aromatic rings. The minimum absolute atomic E-state index is 0.0370. The van der Waals surface area contributed by atoms with Crippen LogP contribution < -0.4 is 5.73 Å². The number of aliphatic hydroxyl groups excluding tert-OH is 1. The van der Waals surface area contributed by atoms with Crippen LogP contribution in [0.3, 0.4) is 0 Å². The summed E-state index contributed by atoms with van der Waals surface area (Å²) in [4.78, 5) is 0.0370. The molecule has 0 saturated carbocycles. The van der Waals surface area contributed by atoms with Crippen molar-refractivity contribution < 1.29 is 13.5 Å². The lowest BCUT2D eigenvalue weighted by Crippen LogP contribution is -2.38. The van der Waals surface area contributed by atoms with Crippen LogP contribution in [0.15, 0.2) is 23.1 Å². The SMILES string of the molecule is CC(C)N(CCCO)S(=O)(=O)c1ccc(N)cc1Cl. The highest BCUT2D eigenvalue weighted by atomic mass is 35.5. The molecule has 0 spiro atoms. The zero-order valence-corrected chi connectivity index (χ0v) is 12.6. The number of hydrogen-bond donors (Lipinski definition) is 2. The lowest BCUT2D eigenvalue weighted by molar-refractivity contribution is 0.258. The summed E-state index contributed by atoms with van der Waals surface area (Å²) >= 11 is 5.96. The molecule has 0 aliphatic rings. The second-order valence-corrected chi connectivity index (χ2v) is 6.74. The van der Waals surface area contributed by atoms with Gasteiger partial charge in [0.15, 0.2) is 0 Å². The van der Waals surface area contributed by atoms with Gasteiger partial charge >= 0.3 is 0 Å². The summed E-state index contributed by atoms with van der Waals surface area (Å²) in [6.45, 7) is 3.74. The van der Waals surface area contributed by atoms with Gasteiger partial charge in [-0.2, -0.15) is 4.31 Å². The minimum Gasteiger partial charge on any atom is -0.399 e. The Morgan fingerprint density at radius 2 is 2.05 bits per heavy atom. The third-order valence-corrected chi connectivity index (χ3v) is 5.21. The lowest BCUT2D eigenvalue weighted by Gasteiger charge is -2.26. The van der Waals surface area contributed by atoms with E-state index in [1.165, 1.54) is 22.5 Å². The number of aliphatic hydroxyl groups is 1. The van der Waals surface area contributed by atoms with Gasteiger partial charge in [0.25, 0.3) is 0 Å². The fraction of sp³-hybridized carbons (Fsp3) is 0.500. The maximum atomic E-state index is 12.5. The van der Waals surface area contributed by atoms with Crippen LogP contribution in [-0.4, -0.2) is 37.0 Å². The van der Waals surface area contributed by atoms with E-state index in [0.717, 1.165) is 0 Å². The first kappa shape index (κ1) is 16.2. The van der Waals surface area contributed by atoms with Gasteiger partial charge in [-0.1, -0.05) is 11.6 Å². The molecule has 0 radical (unpaired) electrons. The monoisotopic (exact) mass is 306 g/mol. The van der Waals surface area contributed by atoms with E-state index in [4.69, 9.17) is 22.4 Å². The molecular weight excluding hydrogens is 288 g/mol. The fourth-order valence-corrected chi connectivity index (χ4v) is 3.94. The van der Waals surface area contributed by atoms with Crippen LogP contribution in [0.4, 0.5) is 5.69 Å². The molecule has 1 aromatic carbocycles. The van der Waals surface area contributed by atoms with Crippen molar-refractivity contribution in [2.24, 2.45) is 0 Å². The van der Waals surface area contributed by atoms with Crippen LogP contribution in [0.5, 0.6) is 0 Å². The Bertz CT molecular complexity index is 532. The third-order valence-electron chi connectivity index (χ3n) is 2.66. The van der Waals surface area contributed by atoms with Crippen molar-refractivity contribution in [2.75, 3.05) is 18.9 Å². The van der Waals surface area contributed by atoms with Crippen LogP contribution in [0.2, 0.25) is 5.02 Å². The molecule has 0 amide bonds. The zero-order valence-electron chi connectivity index (χ0n) is 11.0. The summed E-state index contributed by atoms with van der Waals surface area (Å²) in [5.41, 5.74) is 5.97. The highest BCUT2D eigenvalue weighted by Gasteiger charge is 2.28. The van der Waals surface area contributed by atoms with Crippen molar-refractivity contribution in [1.29, 1.82) is 0 Å². The molecule has 0 unspecified atom stereocenters. The Morgan fingerprint density at radius 3 is 2.53 bits per heavy atom. The van der Waals surface area contributed by atoms with E-state index in [-0.39, 0.29) is 29.1 Å². The van der Waals surface area contributed by atoms with Gasteiger partial charge in [-0.15, -0.1) is 0 Å². The third kappa shape index (κ3) is 3.82. The van der Waals surface area contributed by atoms with Crippen LogP contribution in [0.1, 0.15) is 20.3 Å². The molecule has 19 heavy (non-hydrogen) atoms. The fourth-order valence-electron chi connectivity index (χ4n) is 1.74. The Balaban J connectivity index is 3.19. The molecule has 0 saturated heterocycles. The van der Waals surface area contributed by atoms with E-state index < -0.39 is 10.0 Å². The molecular formula is C12H19ClN2O3S. The summed E-state index contributed by atoms with van der Waals surface area (Å²) < 4.78 is 26.4. The average molecular weight is 307 g/mol. The first-order chi connectivity index (χ1) is 8.80. The number of nitrogens with zero attached hydrogens (tertiary/aromatic N) is 1.